The molecule has 0 fully saturated rings. The van der Waals surface area contributed by atoms with Gasteiger partial charge in [-0.3, -0.25) is 9.74 Å². The SMILES string of the molecule is CONC(=O)N1c2ccccc2Sc2cccc(-c3ccccc3)c21. The van der Waals surface area contributed by atoms with Crippen LogP contribution in [-0.4, -0.2) is 13.1 Å². The Kier molecular flexibility index (Phi) is 4.17. The normalized spacial score (nSPS) is 12.3. The quantitative estimate of drug-likeness (QED) is 0.645. The Morgan fingerprint density at radius 1 is 0.920 bits per heavy atom. The summed E-state index contributed by atoms with van der Waals surface area (Å²) in [5.41, 5.74) is 6.24. The van der Waals surface area contributed by atoms with Crippen molar-refractivity contribution in [3.05, 3.63) is 72.8 Å². The summed E-state index contributed by atoms with van der Waals surface area (Å²) in [7, 11) is 1.44. The van der Waals surface area contributed by atoms with Crippen LogP contribution in [0.3, 0.4) is 0 Å². The van der Waals surface area contributed by atoms with E-state index in [9.17, 15) is 4.79 Å². The maximum atomic E-state index is 12.8. The van der Waals surface area contributed by atoms with E-state index in [0.29, 0.717) is 0 Å². The summed E-state index contributed by atoms with van der Waals surface area (Å²) in [4.78, 5) is 21.4. The minimum absolute atomic E-state index is 0.320. The Balaban J connectivity index is 1.95. The number of rotatable bonds is 2. The van der Waals surface area contributed by atoms with Crippen LogP contribution >= 0.6 is 11.8 Å². The van der Waals surface area contributed by atoms with Crippen molar-refractivity contribution in [2.24, 2.45) is 0 Å². The number of carbonyl (C=O) groups excluding carboxylic acids is 1. The third-order valence-electron chi connectivity index (χ3n) is 4.03. The second-order valence-electron chi connectivity index (χ2n) is 5.53. The number of urea groups is 1. The minimum Gasteiger partial charge on any atom is -0.275 e. The Morgan fingerprint density at radius 3 is 2.44 bits per heavy atom. The third-order valence-corrected chi connectivity index (χ3v) is 5.14. The number of hydroxylamine groups is 1. The molecule has 25 heavy (non-hydrogen) atoms. The van der Waals surface area contributed by atoms with Crippen LogP contribution in [0.5, 0.6) is 0 Å². The van der Waals surface area contributed by atoms with E-state index >= 15 is 0 Å². The lowest BCUT2D eigenvalue weighted by atomic mass is 10.0. The summed E-state index contributed by atoms with van der Waals surface area (Å²) in [5, 5.41) is 0. The van der Waals surface area contributed by atoms with E-state index in [1.54, 1.807) is 16.7 Å². The van der Waals surface area contributed by atoms with Crippen LogP contribution in [0.15, 0.2) is 82.6 Å². The summed E-state index contributed by atoms with van der Waals surface area (Å²) in [5.74, 6) is 0. The van der Waals surface area contributed by atoms with Crippen molar-refractivity contribution >= 4 is 29.2 Å². The molecule has 1 heterocycles. The smallest absolute Gasteiger partial charge is 0.275 e. The fraction of sp³-hybridized carbons (Fsp3) is 0.0500. The highest BCUT2D eigenvalue weighted by Crippen LogP contribution is 2.51. The van der Waals surface area contributed by atoms with Gasteiger partial charge in [-0.25, -0.2) is 10.3 Å². The van der Waals surface area contributed by atoms with Crippen molar-refractivity contribution in [2.75, 3.05) is 12.0 Å². The molecule has 3 aromatic carbocycles. The van der Waals surface area contributed by atoms with Gasteiger partial charge in [-0.05, 0) is 23.8 Å². The third kappa shape index (κ3) is 2.77. The highest BCUT2D eigenvalue weighted by Gasteiger charge is 2.30. The van der Waals surface area contributed by atoms with Crippen LogP contribution in [0.1, 0.15) is 0 Å². The van der Waals surface area contributed by atoms with Crippen LogP contribution in [0.25, 0.3) is 11.1 Å². The van der Waals surface area contributed by atoms with Crippen LogP contribution < -0.4 is 10.4 Å². The van der Waals surface area contributed by atoms with Crippen molar-refractivity contribution in [3.8, 4) is 11.1 Å². The number of benzene rings is 3. The van der Waals surface area contributed by atoms with E-state index in [1.807, 2.05) is 72.8 Å². The number of carbonyl (C=O) groups is 1. The fourth-order valence-electron chi connectivity index (χ4n) is 3.00. The molecule has 1 aliphatic rings. The standard InChI is InChI=1S/C20H16N2O2S/c1-24-21-20(23)22-16-11-5-6-12-17(16)25-18-13-7-10-15(19(18)22)14-8-3-2-4-9-14/h2-13H,1H3,(H,21,23). The summed E-state index contributed by atoms with van der Waals surface area (Å²) >= 11 is 1.67. The average Bonchev–Trinajstić information content (AvgIpc) is 2.66. The predicted molar refractivity (Wildman–Crippen MR) is 100 cm³/mol. The number of nitrogens with zero attached hydrogens (tertiary/aromatic N) is 1. The molecule has 0 saturated heterocycles. The Hall–Kier alpha value is -2.76. The number of hydrogen-bond donors (Lipinski definition) is 1. The molecule has 0 bridgehead atoms. The number of hydrogen-bond acceptors (Lipinski definition) is 3. The van der Waals surface area contributed by atoms with E-state index in [4.69, 9.17) is 4.84 Å². The lowest BCUT2D eigenvalue weighted by Crippen LogP contribution is -2.37. The van der Waals surface area contributed by atoms with Crippen molar-refractivity contribution in [1.82, 2.24) is 5.48 Å². The molecular weight excluding hydrogens is 332 g/mol. The van der Waals surface area contributed by atoms with Crippen LogP contribution in [0.4, 0.5) is 16.2 Å². The molecule has 5 heteroatoms. The first-order valence-electron chi connectivity index (χ1n) is 7.88. The summed E-state index contributed by atoms with van der Waals surface area (Å²) in [6, 6.07) is 23.7. The first-order chi connectivity index (χ1) is 12.3. The largest absolute Gasteiger partial charge is 0.350 e. The maximum absolute atomic E-state index is 12.8. The van der Waals surface area contributed by atoms with Gasteiger partial charge in [0, 0.05) is 15.4 Å². The summed E-state index contributed by atoms with van der Waals surface area (Å²) in [6.45, 7) is 0. The van der Waals surface area contributed by atoms with E-state index in [-0.39, 0.29) is 6.03 Å². The van der Waals surface area contributed by atoms with Crippen molar-refractivity contribution in [3.63, 3.8) is 0 Å². The summed E-state index contributed by atoms with van der Waals surface area (Å²) < 4.78 is 0. The van der Waals surface area contributed by atoms with Gasteiger partial charge in [0.25, 0.3) is 0 Å². The van der Waals surface area contributed by atoms with Gasteiger partial charge >= 0.3 is 6.03 Å². The molecule has 0 aliphatic carbocycles. The molecule has 0 unspecified atom stereocenters. The number of amides is 2. The second kappa shape index (κ2) is 6.63. The van der Waals surface area contributed by atoms with Crippen LogP contribution in [-0.2, 0) is 4.84 Å². The molecule has 1 N–H and O–H groups in total. The highest BCUT2D eigenvalue weighted by atomic mass is 32.2. The van der Waals surface area contributed by atoms with Crippen molar-refractivity contribution in [2.45, 2.75) is 9.79 Å². The number of nitrogens with one attached hydrogen (secondary N) is 1. The molecule has 124 valence electrons. The molecule has 1 aliphatic heterocycles. The molecule has 2 amide bonds. The minimum atomic E-state index is -0.320. The lowest BCUT2D eigenvalue weighted by Gasteiger charge is -2.32. The van der Waals surface area contributed by atoms with Gasteiger partial charge in [-0.1, -0.05) is 66.4 Å². The zero-order valence-corrected chi connectivity index (χ0v) is 14.4. The van der Waals surface area contributed by atoms with Gasteiger partial charge in [0.05, 0.1) is 18.5 Å². The number of para-hydroxylation sites is 2. The van der Waals surface area contributed by atoms with E-state index in [2.05, 4.69) is 5.48 Å². The predicted octanol–water partition coefficient (Wildman–Crippen LogP) is 5.23. The Bertz CT molecular complexity index is 928. The fourth-order valence-corrected chi connectivity index (χ4v) is 4.09. The highest BCUT2D eigenvalue weighted by molar-refractivity contribution is 7.99. The van der Waals surface area contributed by atoms with Gasteiger partial charge in [0.2, 0.25) is 0 Å². The summed E-state index contributed by atoms with van der Waals surface area (Å²) in [6.07, 6.45) is 0. The molecule has 4 nitrogen and oxygen atoms in total. The number of anilines is 2. The Morgan fingerprint density at radius 2 is 1.64 bits per heavy atom. The second-order valence-corrected chi connectivity index (χ2v) is 6.62. The first kappa shape index (κ1) is 15.7. The molecule has 3 aromatic rings. The monoisotopic (exact) mass is 348 g/mol. The molecule has 0 spiro atoms. The molecule has 4 rings (SSSR count). The molecule has 0 atom stereocenters. The molecule has 0 aromatic heterocycles. The van der Waals surface area contributed by atoms with E-state index in [0.717, 1.165) is 32.3 Å². The zero-order chi connectivity index (χ0) is 17.2. The van der Waals surface area contributed by atoms with Gasteiger partial charge in [0.1, 0.15) is 0 Å². The average molecular weight is 348 g/mol. The molecule has 0 radical (unpaired) electrons. The van der Waals surface area contributed by atoms with Crippen molar-refractivity contribution in [1.29, 1.82) is 0 Å². The lowest BCUT2D eigenvalue weighted by molar-refractivity contribution is 0.112. The maximum Gasteiger partial charge on any atom is 0.350 e. The zero-order valence-electron chi connectivity index (χ0n) is 13.6. The van der Waals surface area contributed by atoms with E-state index < -0.39 is 0 Å². The van der Waals surface area contributed by atoms with Gasteiger partial charge in [-0.15, -0.1) is 0 Å². The van der Waals surface area contributed by atoms with E-state index in [1.165, 1.54) is 7.11 Å². The van der Waals surface area contributed by atoms with Crippen molar-refractivity contribution < 1.29 is 9.63 Å². The number of fused-ring (bicyclic) bond motifs is 2. The molecular formula is C20H16N2O2S. The molecule has 0 saturated carbocycles. The Labute approximate surface area is 150 Å². The van der Waals surface area contributed by atoms with Gasteiger partial charge < -0.3 is 0 Å². The first-order valence-corrected chi connectivity index (χ1v) is 8.69. The van der Waals surface area contributed by atoms with Crippen LogP contribution in [0.2, 0.25) is 0 Å². The van der Waals surface area contributed by atoms with Crippen LogP contribution in [0, 0.1) is 0 Å². The topological polar surface area (TPSA) is 41.6 Å². The van der Waals surface area contributed by atoms with Gasteiger partial charge in [-0.2, -0.15) is 0 Å². The van der Waals surface area contributed by atoms with Gasteiger partial charge in [0.15, 0.2) is 0 Å².